The van der Waals surface area contributed by atoms with Crippen LogP contribution in [0.1, 0.15) is 17.5 Å². The molecule has 0 aliphatic carbocycles. The van der Waals surface area contributed by atoms with E-state index in [1.165, 1.54) is 0 Å². The number of ether oxygens (including phenoxy) is 1. The van der Waals surface area contributed by atoms with Crippen LogP contribution in [-0.4, -0.2) is 26.6 Å². The highest BCUT2D eigenvalue weighted by Crippen LogP contribution is 2.20. The number of imidazole rings is 1. The Hall–Kier alpha value is -1.92. The molecule has 1 atom stereocenters. The summed E-state index contributed by atoms with van der Waals surface area (Å²) in [6.45, 7) is 0. The Balaban J connectivity index is 1.80. The number of pyridine rings is 1. The first-order valence-corrected chi connectivity index (χ1v) is 6.74. The second-order valence-electron chi connectivity index (χ2n) is 4.15. The van der Waals surface area contributed by atoms with E-state index in [-0.39, 0.29) is 0 Å². The van der Waals surface area contributed by atoms with Crippen LogP contribution >= 0.6 is 11.3 Å². The van der Waals surface area contributed by atoms with Crippen molar-refractivity contribution >= 4 is 16.3 Å². The van der Waals surface area contributed by atoms with Crippen molar-refractivity contribution in [1.29, 1.82) is 0 Å². The zero-order chi connectivity index (χ0) is 13.2. The lowest BCUT2D eigenvalue weighted by Gasteiger charge is -2.09. The maximum absolute atomic E-state index is 10.2. The van der Waals surface area contributed by atoms with Crippen LogP contribution in [-0.2, 0) is 6.42 Å². The maximum Gasteiger partial charge on any atom is 0.213 e. The molecule has 0 bridgehead atoms. The van der Waals surface area contributed by atoms with E-state index in [9.17, 15) is 5.11 Å². The first-order valence-electron chi connectivity index (χ1n) is 5.86. The SMILES string of the molecule is COc1cccc(C(O)Cc2cn3ccsc3n2)n1. The minimum Gasteiger partial charge on any atom is -0.481 e. The number of hydrogen-bond donors (Lipinski definition) is 1. The molecule has 0 aliphatic rings. The van der Waals surface area contributed by atoms with E-state index in [0.29, 0.717) is 18.0 Å². The summed E-state index contributed by atoms with van der Waals surface area (Å²) < 4.78 is 7.00. The number of thiazole rings is 1. The molecule has 3 heterocycles. The number of aromatic nitrogens is 3. The minimum atomic E-state index is -0.681. The van der Waals surface area contributed by atoms with Gasteiger partial charge in [0.25, 0.3) is 0 Å². The quantitative estimate of drug-likeness (QED) is 0.792. The van der Waals surface area contributed by atoms with E-state index in [1.807, 2.05) is 28.2 Å². The lowest BCUT2D eigenvalue weighted by atomic mass is 10.1. The normalized spacial score (nSPS) is 12.7. The van der Waals surface area contributed by atoms with E-state index in [1.54, 1.807) is 30.6 Å². The average molecular weight is 275 g/mol. The maximum atomic E-state index is 10.2. The predicted octanol–water partition coefficient (Wildman–Crippen LogP) is 2.08. The summed E-state index contributed by atoms with van der Waals surface area (Å²) in [5, 5.41) is 12.2. The number of methoxy groups -OCH3 is 1. The van der Waals surface area contributed by atoms with E-state index in [2.05, 4.69) is 9.97 Å². The fourth-order valence-electron chi connectivity index (χ4n) is 1.91. The second kappa shape index (κ2) is 4.99. The van der Waals surface area contributed by atoms with Gasteiger partial charge in [-0.15, -0.1) is 11.3 Å². The van der Waals surface area contributed by atoms with Gasteiger partial charge in [0.1, 0.15) is 6.10 Å². The molecule has 5 nitrogen and oxygen atoms in total. The fourth-order valence-corrected chi connectivity index (χ4v) is 2.63. The highest BCUT2D eigenvalue weighted by Gasteiger charge is 2.13. The molecular formula is C13H13N3O2S. The molecule has 1 unspecified atom stereocenters. The van der Waals surface area contributed by atoms with E-state index < -0.39 is 6.10 Å². The van der Waals surface area contributed by atoms with Gasteiger partial charge in [0, 0.05) is 30.3 Å². The van der Waals surface area contributed by atoms with Gasteiger partial charge in [0.15, 0.2) is 4.96 Å². The van der Waals surface area contributed by atoms with Gasteiger partial charge in [-0.25, -0.2) is 9.97 Å². The van der Waals surface area contributed by atoms with Crippen molar-refractivity contribution < 1.29 is 9.84 Å². The van der Waals surface area contributed by atoms with Crippen LogP contribution in [0.5, 0.6) is 5.88 Å². The first-order chi connectivity index (χ1) is 9.26. The Labute approximate surface area is 114 Å². The number of hydrogen-bond acceptors (Lipinski definition) is 5. The van der Waals surface area contributed by atoms with Gasteiger partial charge in [-0.2, -0.15) is 0 Å². The number of nitrogens with zero attached hydrogens (tertiary/aromatic N) is 3. The van der Waals surface area contributed by atoms with E-state index in [4.69, 9.17) is 4.74 Å². The largest absolute Gasteiger partial charge is 0.481 e. The van der Waals surface area contributed by atoms with Crippen LogP contribution in [0.15, 0.2) is 36.0 Å². The van der Waals surface area contributed by atoms with E-state index >= 15 is 0 Å². The number of fused-ring (bicyclic) bond motifs is 1. The summed E-state index contributed by atoms with van der Waals surface area (Å²) in [7, 11) is 1.56. The van der Waals surface area contributed by atoms with Crippen molar-refractivity contribution in [1.82, 2.24) is 14.4 Å². The smallest absolute Gasteiger partial charge is 0.213 e. The van der Waals surface area contributed by atoms with Gasteiger partial charge in [-0.1, -0.05) is 6.07 Å². The Morgan fingerprint density at radius 2 is 2.32 bits per heavy atom. The molecule has 1 N–H and O–H groups in total. The van der Waals surface area contributed by atoms with Crippen molar-refractivity contribution in [2.75, 3.05) is 7.11 Å². The summed E-state index contributed by atoms with van der Waals surface area (Å²) in [4.78, 5) is 9.60. The fraction of sp³-hybridized carbons (Fsp3) is 0.231. The van der Waals surface area contributed by atoms with E-state index in [0.717, 1.165) is 10.7 Å². The first kappa shape index (κ1) is 12.1. The van der Waals surface area contributed by atoms with Crippen LogP contribution < -0.4 is 4.74 Å². The average Bonchev–Trinajstić information content (AvgIpc) is 2.99. The van der Waals surface area contributed by atoms with Gasteiger partial charge in [-0.3, -0.25) is 4.40 Å². The highest BCUT2D eigenvalue weighted by molar-refractivity contribution is 7.15. The molecule has 19 heavy (non-hydrogen) atoms. The third-order valence-corrected chi connectivity index (χ3v) is 3.61. The number of aliphatic hydroxyl groups excluding tert-OH is 1. The molecule has 0 radical (unpaired) electrons. The molecule has 3 rings (SSSR count). The van der Waals surface area contributed by atoms with Gasteiger partial charge >= 0.3 is 0 Å². The zero-order valence-corrected chi connectivity index (χ0v) is 11.2. The molecule has 6 heteroatoms. The molecule has 0 saturated heterocycles. The summed E-state index contributed by atoms with van der Waals surface area (Å²) in [5.41, 5.74) is 1.44. The Morgan fingerprint density at radius 1 is 1.42 bits per heavy atom. The molecule has 0 aromatic carbocycles. The summed E-state index contributed by atoms with van der Waals surface area (Å²) in [5.74, 6) is 0.502. The minimum absolute atomic E-state index is 0.439. The summed E-state index contributed by atoms with van der Waals surface area (Å²) in [6.07, 6.45) is 3.64. The molecule has 98 valence electrons. The third kappa shape index (κ3) is 2.45. The van der Waals surface area contributed by atoms with Crippen molar-refractivity contribution in [3.8, 4) is 5.88 Å². The third-order valence-electron chi connectivity index (χ3n) is 2.84. The zero-order valence-electron chi connectivity index (χ0n) is 10.4. The Morgan fingerprint density at radius 3 is 3.11 bits per heavy atom. The van der Waals surface area contributed by atoms with Gasteiger partial charge in [0.2, 0.25) is 5.88 Å². The van der Waals surface area contributed by atoms with Crippen LogP contribution in [0.25, 0.3) is 4.96 Å². The molecule has 3 aromatic heterocycles. The van der Waals surface area contributed by atoms with Crippen molar-refractivity contribution in [3.63, 3.8) is 0 Å². The molecular weight excluding hydrogens is 262 g/mol. The molecule has 0 spiro atoms. The van der Waals surface area contributed by atoms with Crippen LogP contribution in [0.3, 0.4) is 0 Å². The lowest BCUT2D eigenvalue weighted by Crippen LogP contribution is -2.05. The second-order valence-corrected chi connectivity index (χ2v) is 5.02. The molecule has 0 amide bonds. The monoisotopic (exact) mass is 275 g/mol. The van der Waals surface area contributed by atoms with Gasteiger partial charge in [0.05, 0.1) is 18.5 Å². The molecule has 0 saturated carbocycles. The Kier molecular flexibility index (Phi) is 3.18. The molecule has 3 aromatic rings. The number of aliphatic hydroxyl groups is 1. The topological polar surface area (TPSA) is 59.7 Å². The molecule has 0 fully saturated rings. The van der Waals surface area contributed by atoms with Crippen molar-refractivity contribution in [3.05, 3.63) is 47.4 Å². The summed E-state index contributed by atoms with van der Waals surface area (Å²) >= 11 is 1.57. The van der Waals surface area contributed by atoms with Crippen LogP contribution in [0.2, 0.25) is 0 Å². The number of rotatable bonds is 4. The van der Waals surface area contributed by atoms with Gasteiger partial charge in [-0.05, 0) is 6.07 Å². The molecule has 0 aliphatic heterocycles. The van der Waals surface area contributed by atoms with Gasteiger partial charge < -0.3 is 9.84 Å². The van der Waals surface area contributed by atoms with Crippen LogP contribution in [0.4, 0.5) is 0 Å². The lowest BCUT2D eigenvalue weighted by molar-refractivity contribution is 0.171. The summed E-state index contributed by atoms with van der Waals surface area (Å²) in [6, 6.07) is 5.35. The standard InChI is InChI=1S/C13H13N3O2S/c1-18-12-4-2-3-10(15-12)11(17)7-9-8-16-5-6-19-13(16)14-9/h2-6,8,11,17H,7H2,1H3. The Bertz CT molecular complexity index is 663. The van der Waals surface area contributed by atoms with Crippen molar-refractivity contribution in [2.45, 2.75) is 12.5 Å². The van der Waals surface area contributed by atoms with Crippen molar-refractivity contribution in [2.24, 2.45) is 0 Å². The van der Waals surface area contributed by atoms with Crippen LogP contribution in [0, 0.1) is 0 Å². The highest BCUT2D eigenvalue weighted by atomic mass is 32.1. The predicted molar refractivity (Wildman–Crippen MR) is 72.5 cm³/mol.